The first-order valence-corrected chi connectivity index (χ1v) is 7.53. The first-order valence-electron chi connectivity index (χ1n) is 7.53. The maximum atomic E-state index is 13.5. The molecule has 128 valence electrons. The standard InChI is InChI=1S/C16H17F2N3O3/c1-20-5-7-21(8-6-20)16(22)12-9-24-14(19-12)10-23-13-4-2-3-11(17)15(13)18/h2-4,9H,5-8,10H2,1H3. The SMILES string of the molecule is CN1CCN(C(=O)c2coc(COc3cccc(F)c3F)n2)CC1. The molecule has 1 aliphatic rings. The number of amides is 1. The monoisotopic (exact) mass is 337 g/mol. The van der Waals surface area contributed by atoms with Crippen LogP contribution in [0.25, 0.3) is 0 Å². The van der Waals surface area contributed by atoms with Crippen molar-refractivity contribution in [2.75, 3.05) is 33.2 Å². The molecule has 1 amide bonds. The van der Waals surface area contributed by atoms with Crippen LogP contribution in [-0.2, 0) is 6.61 Å². The molecular formula is C16H17F2N3O3. The Hall–Kier alpha value is -2.48. The van der Waals surface area contributed by atoms with Gasteiger partial charge in [0.15, 0.2) is 23.9 Å². The van der Waals surface area contributed by atoms with Crippen LogP contribution in [0.4, 0.5) is 8.78 Å². The number of carbonyl (C=O) groups is 1. The summed E-state index contributed by atoms with van der Waals surface area (Å²) in [6.07, 6.45) is 1.25. The van der Waals surface area contributed by atoms with Gasteiger partial charge in [0, 0.05) is 26.2 Å². The molecule has 1 aliphatic heterocycles. The number of nitrogens with zero attached hydrogens (tertiary/aromatic N) is 3. The lowest BCUT2D eigenvalue weighted by Crippen LogP contribution is -2.47. The van der Waals surface area contributed by atoms with E-state index in [1.807, 2.05) is 7.05 Å². The topological polar surface area (TPSA) is 58.8 Å². The molecule has 2 heterocycles. The molecular weight excluding hydrogens is 320 g/mol. The Morgan fingerprint density at radius 3 is 2.79 bits per heavy atom. The van der Waals surface area contributed by atoms with Crippen LogP contribution < -0.4 is 4.74 Å². The summed E-state index contributed by atoms with van der Waals surface area (Å²) in [7, 11) is 2.00. The van der Waals surface area contributed by atoms with E-state index >= 15 is 0 Å². The molecule has 0 atom stereocenters. The van der Waals surface area contributed by atoms with Crippen LogP contribution in [0.2, 0.25) is 0 Å². The predicted octanol–water partition coefficient (Wildman–Crippen LogP) is 1.92. The van der Waals surface area contributed by atoms with Crippen LogP contribution >= 0.6 is 0 Å². The summed E-state index contributed by atoms with van der Waals surface area (Å²) in [5.41, 5.74) is 0.179. The van der Waals surface area contributed by atoms with Gasteiger partial charge in [-0.05, 0) is 19.2 Å². The maximum absolute atomic E-state index is 13.5. The van der Waals surface area contributed by atoms with Gasteiger partial charge in [-0.3, -0.25) is 4.79 Å². The van der Waals surface area contributed by atoms with E-state index in [4.69, 9.17) is 9.15 Å². The average molecular weight is 337 g/mol. The van der Waals surface area contributed by atoms with Crippen molar-refractivity contribution in [3.8, 4) is 5.75 Å². The van der Waals surface area contributed by atoms with Gasteiger partial charge >= 0.3 is 0 Å². The Morgan fingerprint density at radius 2 is 2.04 bits per heavy atom. The van der Waals surface area contributed by atoms with E-state index in [0.29, 0.717) is 13.1 Å². The first-order chi connectivity index (χ1) is 11.5. The summed E-state index contributed by atoms with van der Waals surface area (Å²) in [5.74, 6) is -2.39. The number of hydrogen-bond donors (Lipinski definition) is 0. The summed E-state index contributed by atoms with van der Waals surface area (Å²) < 4.78 is 36.9. The van der Waals surface area contributed by atoms with Crippen LogP contribution in [0, 0.1) is 11.6 Å². The van der Waals surface area contributed by atoms with Crippen LogP contribution in [0.3, 0.4) is 0 Å². The highest BCUT2D eigenvalue weighted by Gasteiger charge is 2.23. The molecule has 0 aliphatic carbocycles. The van der Waals surface area contributed by atoms with Crippen LogP contribution in [0.1, 0.15) is 16.4 Å². The summed E-state index contributed by atoms with van der Waals surface area (Å²) in [4.78, 5) is 20.2. The molecule has 0 bridgehead atoms. The summed E-state index contributed by atoms with van der Waals surface area (Å²) in [5, 5.41) is 0. The summed E-state index contributed by atoms with van der Waals surface area (Å²) in [6.45, 7) is 2.66. The minimum Gasteiger partial charge on any atom is -0.481 e. The minimum atomic E-state index is -1.07. The molecule has 6 nitrogen and oxygen atoms in total. The quantitative estimate of drug-likeness (QED) is 0.853. The van der Waals surface area contributed by atoms with Crippen molar-refractivity contribution in [1.29, 1.82) is 0 Å². The third kappa shape index (κ3) is 3.53. The zero-order valence-electron chi connectivity index (χ0n) is 13.2. The molecule has 0 N–H and O–H groups in total. The maximum Gasteiger partial charge on any atom is 0.275 e. The van der Waals surface area contributed by atoms with Gasteiger partial charge in [0.25, 0.3) is 5.91 Å². The van der Waals surface area contributed by atoms with Crippen molar-refractivity contribution < 1.29 is 22.7 Å². The second-order valence-corrected chi connectivity index (χ2v) is 5.56. The lowest BCUT2D eigenvalue weighted by Gasteiger charge is -2.31. The van der Waals surface area contributed by atoms with E-state index in [2.05, 4.69) is 9.88 Å². The zero-order chi connectivity index (χ0) is 17.1. The van der Waals surface area contributed by atoms with Crippen molar-refractivity contribution in [2.45, 2.75) is 6.61 Å². The molecule has 0 spiro atoms. The highest BCUT2D eigenvalue weighted by Crippen LogP contribution is 2.20. The molecule has 8 heteroatoms. The summed E-state index contributed by atoms with van der Waals surface area (Å²) in [6, 6.07) is 3.64. The zero-order valence-corrected chi connectivity index (χ0v) is 13.2. The van der Waals surface area contributed by atoms with E-state index < -0.39 is 11.6 Å². The van der Waals surface area contributed by atoms with Crippen molar-refractivity contribution in [2.24, 2.45) is 0 Å². The van der Waals surface area contributed by atoms with E-state index in [0.717, 1.165) is 19.2 Å². The van der Waals surface area contributed by atoms with Gasteiger partial charge in [-0.2, -0.15) is 4.39 Å². The Bertz CT molecular complexity index is 727. The van der Waals surface area contributed by atoms with Crippen molar-refractivity contribution in [3.63, 3.8) is 0 Å². The Labute approximate surface area is 137 Å². The highest BCUT2D eigenvalue weighted by molar-refractivity contribution is 5.92. The number of oxazole rings is 1. The van der Waals surface area contributed by atoms with E-state index in [-0.39, 0.29) is 29.8 Å². The van der Waals surface area contributed by atoms with Crippen LogP contribution in [-0.4, -0.2) is 53.9 Å². The van der Waals surface area contributed by atoms with Gasteiger partial charge in [0.05, 0.1) is 0 Å². The molecule has 1 aromatic heterocycles. The van der Waals surface area contributed by atoms with E-state index in [9.17, 15) is 13.6 Å². The van der Waals surface area contributed by atoms with Gasteiger partial charge in [0.2, 0.25) is 11.7 Å². The molecule has 0 saturated carbocycles. The lowest BCUT2D eigenvalue weighted by atomic mass is 10.3. The third-order valence-corrected chi connectivity index (χ3v) is 3.83. The number of aromatic nitrogens is 1. The number of piperazine rings is 1. The number of likely N-dealkylation sites (N-methyl/N-ethyl adjacent to an activating group) is 1. The minimum absolute atomic E-state index is 0.121. The third-order valence-electron chi connectivity index (χ3n) is 3.83. The Morgan fingerprint density at radius 1 is 1.29 bits per heavy atom. The molecule has 1 saturated heterocycles. The normalized spacial score (nSPS) is 15.5. The highest BCUT2D eigenvalue weighted by atomic mass is 19.2. The molecule has 0 unspecified atom stereocenters. The molecule has 1 aromatic carbocycles. The number of rotatable bonds is 4. The molecule has 24 heavy (non-hydrogen) atoms. The number of benzene rings is 1. The fourth-order valence-electron chi connectivity index (χ4n) is 2.38. The molecule has 2 aromatic rings. The molecule has 3 rings (SSSR count). The lowest BCUT2D eigenvalue weighted by molar-refractivity contribution is 0.0658. The van der Waals surface area contributed by atoms with Gasteiger partial charge in [0.1, 0.15) is 6.26 Å². The van der Waals surface area contributed by atoms with Crippen molar-refractivity contribution >= 4 is 5.91 Å². The van der Waals surface area contributed by atoms with Crippen molar-refractivity contribution in [3.05, 3.63) is 47.7 Å². The van der Waals surface area contributed by atoms with Crippen LogP contribution in [0.15, 0.2) is 28.9 Å². The smallest absolute Gasteiger partial charge is 0.275 e. The number of ether oxygens (including phenoxy) is 1. The van der Waals surface area contributed by atoms with Gasteiger partial charge < -0.3 is 19.0 Å². The Kier molecular flexibility index (Phi) is 4.75. The molecule has 0 radical (unpaired) electrons. The van der Waals surface area contributed by atoms with Gasteiger partial charge in [-0.1, -0.05) is 6.07 Å². The van der Waals surface area contributed by atoms with E-state index in [1.165, 1.54) is 18.4 Å². The Balaban J connectivity index is 1.61. The second kappa shape index (κ2) is 6.96. The summed E-state index contributed by atoms with van der Waals surface area (Å²) >= 11 is 0. The molecule has 1 fully saturated rings. The largest absolute Gasteiger partial charge is 0.481 e. The fourth-order valence-corrected chi connectivity index (χ4v) is 2.38. The van der Waals surface area contributed by atoms with Crippen LogP contribution in [0.5, 0.6) is 5.75 Å². The van der Waals surface area contributed by atoms with Gasteiger partial charge in [-0.15, -0.1) is 0 Å². The fraction of sp³-hybridized carbons (Fsp3) is 0.375. The van der Waals surface area contributed by atoms with Gasteiger partial charge in [-0.25, -0.2) is 9.37 Å². The number of carbonyl (C=O) groups excluding carboxylic acids is 1. The van der Waals surface area contributed by atoms with Crippen molar-refractivity contribution in [1.82, 2.24) is 14.8 Å². The second-order valence-electron chi connectivity index (χ2n) is 5.56. The average Bonchev–Trinajstić information content (AvgIpc) is 3.05. The number of halogens is 2. The number of hydrogen-bond acceptors (Lipinski definition) is 5. The first kappa shape index (κ1) is 16.4. The van der Waals surface area contributed by atoms with E-state index in [1.54, 1.807) is 4.90 Å². The predicted molar refractivity (Wildman–Crippen MR) is 80.6 cm³/mol.